The molecule has 1 rings (SSSR count). The van der Waals surface area contributed by atoms with E-state index < -0.39 is 0 Å². The van der Waals surface area contributed by atoms with E-state index in [-0.39, 0.29) is 6.04 Å². The number of anilines is 1. The van der Waals surface area contributed by atoms with Crippen molar-refractivity contribution in [1.29, 1.82) is 0 Å². The molecule has 2 N–H and O–H groups in total. The minimum Gasteiger partial charge on any atom is -0.383 e. The van der Waals surface area contributed by atoms with Gasteiger partial charge in [0.25, 0.3) is 0 Å². The zero-order valence-electron chi connectivity index (χ0n) is 11.1. The molecule has 1 aromatic rings. The zero-order chi connectivity index (χ0) is 13.7. The number of hydrogen-bond donors (Lipinski definition) is 2. The molecule has 0 bridgehead atoms. The number of ether oxygens (including phenoxy) is 1. The van der Waals surface area contributed by atoms with E-state index in [1.807, 2.05) is 6.92 Å². The summed E-state index contributed by atoms with van der Waals surface area (Å²) in [4.78, 5) is 0. The SMILES string of the molecule is COCC(C)NC(=S)Nc1c(C)cc(Br)cc1C. The lowest BCUT2D eigenvalue weighted by molar-refractivity contribution is 0.179. The van der Waals surface area contributed by atoms with Crippen molar-refractivity contribution >= 4 is 38.9 Å². The van der Waals surface area contributed by atoms with E-state index in [4.69, 9.17) is 17.0 Å². The van der Waals surface area contributed by atoms with Crippen LogP contribution in [-0.4, -0.2) is 24.9 Å². The van der Waals surface area contributed by atoms with Crippen LogP contribution in [-0.2, 0) is 4.74 Å². The highest BCUT2D eigenvalue weighted by Crippen LogP contribution is 2.24. The van der Waals surface area contributed by atoms with E-state index in [2.05, 4.69) is 52.5 Å². The average Bonchev–Trinajstić information content (AvgIpc) is 2.23. The van der Waals surface area contributed by atoms with Crippen LogP contribution in [0.4, 0.5) is 5.69 Å². The van der Waals surface area contributed by atoms with Crippen LogP contribution in [0.3, 0.4) is 0 Å². The largest absolute Gasteiger partial charge is 0.383 e. The summed E-state index contributed by atoms with van der Waals surface area (Å²) in [7, 11) is 1.68. The minimum absolute atomic E-state index is 0.186. The number of nitrogens with one attached hydrogen (secondary N) is 2. The third-order valence-electron chi connectivity index (χ3n) is 2.53. The fourth-order valence-electron chi connectivity index (χ4n) is 1.77. The van der Waals surface area contributed by atoms with Gasteiger partial charge in [-0.25, -0.2) is 0 Å². The Kier molecular flexibility index (Phi) is 6.05. The Balaban J connectivity index is 2.70. The number of benzene rings is 1. The molecule has 0 aromatic heterocycles. The van der Waals surface area contributed by atoms with Gasteiger partial charge in [-0.3, -0.25) is 0 Å². The molecule has 0 spiro atoms. The highest BCUT2D eigenvalue weighted by Gasteiger charge is 2.08. The first-order valence-corrected chi connectivity index (χ1v) is 6.97. The third kappa shape index (κ3) is 4.55. The summed E-state index contributed by atoms with van der Waals surface area (Å²) in [6.07, 6.45) is 0. The molecule has 0 amide bonds. The number of aryl methyl sites for hydroxylation is 2. The van der Waals surface area contributed by atoms with Crippen LogP contribution in [0.5, 0.6) is 0 Å². The maximum Gasteiger partial charge on any atom is 0.171 e. The Labute approximate surface area is 122 Å². The normalized spacial score (nSPS) is 12.1. The summed E-state index contributed by atoms with van der Waals surface area (Å²) in [6.45, 7) is 6.77. The van der Waals surface area contributed by atoms with Crippen molar-refractivity contribution in [3.8, 4) is 0 Å². The van der Waals surface area contributed by atoms with Gasteiger partial charge in [0.1, 0.15) is 0 Å². The first kappa shape index (κ1) is 15.4. The van der Waals surface area contributed by atoms with E-state index >= 15 is 0 Å². The molecular weight excluding hydrogens is 312 g/mol. The molecule has 1 atom stereocenters. The molecule has 0 aliphatic heterocycles. The maximum absolute atomic E-state index is 5.29. The van der Waals surface area contributed by atoms with Gasteiger partial charge in [0, 0.05) is 23.3 Å². The molecule has 3 nitrogen and oxygen atoms in total. The Morgan fingerprint density at radius 2 is 1.94 bits per heavy atom. The molecule has 0 aliphatic rings. The highest BCUT2D eigenvalue weighted by atomic mass is 79.9. The molecule has 1 unspecified atom stereocenters. The first-order chi connectivity index (χ1) is 8.43. The van der Waals surface area contributed by atoms with Crippen LogP contribution >= 0.6 is 28.1 Å². The predicted octanol–water partition coefficient (Wildman–Crippen LogP) is 3.39. The van der Waals surface area contributed by atoms with Crippen LogP contribution in [0.25, 0.3) is 0 Å². The highest BCUT2D eigenvalue weighted by molar-refractivity contribution is 9.10. The summed E-state index contributed by atoms with van der Waals surface area (Å²) in [5, 5.41) is 7.04. The van der Waals surface area contributed by atoms with Crippen molar-refractivity contribution in [2.24, 2.45) is 0 Å². The smallest absolute Gasteiger partial charge is 0.171 e. The zero-order valence-corrected chi connectivity index (χ0v) is 13.5. The van der Waals surface area contributed by atoms with Crippen molar-refractivity contribution < 1.29 is 4.74 Å². The van der Waals surface area contributed by atoms with Crippen LogP contribution in [0.2, 0.25) is 0 Å². The molecule has 1 aromatic carbocycles. The monoisotopic (exact) mass is 330 g/mol. The van der Waals surface area contributed by atoms with Gasteiger partial charge in [-0.15, -0.1) is 0 Å². The molecule has 0 heterocycles. The molecule has 5 heteroatoms. The second-order valence-corrected chi connectivity index (χ2v) is 5.69. The second kappa shape index (κ2) is 7.07. The lowest BCUT2D eigenvalue weighted by atomic mass is 10.1. The van der Waals surface area contributed by atoms with E-state index in [1.54, 1.807) is 7.11 Å². The lowest BCUT2D eigenvalue weighted by Gasteiger charge is -2.18. The summed E-state index contributed by atoms with van der Waals surface area (Å²) in [6, 6.07) is 4.32. The molecule has 0 aliphatic carbocycles. The second-order valence-electron chi connectivity index (χ2n) is 4.37. The quantitative estimate of drug-likeness (QED) is 0.829. The molecule has 0 saturated heterocycles. The Morgan fingerprint density at radius 3 is 2.44 bits per heavy atom. The van der Waals surface area contributed by atoms with Crippen molar-refractivity contribution in [2.45, 2.75) is 26.8 Å². The minimum atomic E-state index is 0.186. The van der Waals surface area contributed by atoms with Crippen LogP contribution in [0.1, 0.15) is 18.1 Å². The number of rotatable bonds is 4. The van der Waals surface area contributed by atoms with Gasteiger partial charge in [-0.2, -0.15) is 0 Å². The summed E-state index contributed by atoms with van der Waals surface area (Å²) in [5.41, 5.74) is 3.37. The van der Waals surface area contributed by atoms with Gasteiger partial charge in [0.15, 0.2) is 5.11 Å². The van der Waals surface area contributed by atoms with Crippen LogP contribution in [0.15, 0.2) is 16.6 Å². The van der Waals surface area contributed by atoms with Gasteiger partial charge in [-0.05, 0) is 56.2 Å². The van der Waals surface area contributed by atoms with Crippen LogP contribution < -0.4 is 10.6 Å². The average molecular weight is 331 g/mol. The molecule has 100 valence electrons. The van der Waals surface area contributed by atoms with Gasteiger partial charge in [-0.1, -0.05) is 15.9 Å². The molecule has 0 radical (unpaired) electrons. The fraction of sp³-hybridized carbons (Fsp3) is 0.462. The summed E-state index contributed by atoms with van der Waals surface area (Å²) in [5.74, 6) is 0. The lowest BCUT2D eigenvalue weighted by Crippen LogP contribution is -2.38. The standard InChI is InChI=1S/C13H19BrN2OS/c1-8-5-11(14)6-9(2)12(8)16-13(18)15-10(3)7-17-4/h5-6,10H,7H2,1-4H3,(H2,15,16,18). The third-order valence-corrected chi connectivity index (χ3v) is 3.21. The molecule has 0 saturated carbocycles. The number of hydrogen-bond acceptors (Lipinski definition) is 2. The van der Waals surface area contributed by atoms with Gasteiger partial charge < -0.3 is 15.4 Å². The van der Waals surface area contributed by atoms with Crippen molar-refractivity contribution in [1.82, 2.24) is 5.32 Å². The van der Waals surface area contributed by atoms with E-state index in [1.165, 1.54) is 0 Å². The van der Waals surface area contributed by atoms with Gasteiger partial charge in [0.05, 0.1) is 6.61 Å². The van der Waals surface area contributed by atoms with Gasteiger partial charge >= 0.3 is 0 Å². The summed E-state index contributed by atoms with van der Waals surface area (Å²) >= 11 is 8.77. The molecule has 18 heavy (non-hydrogen) atoms. The van der Waals surface area contributed by atoms with Crippen LogP contribution in [0, 0.1) is 13.8 Å². The fourth-order valence-corrected chi connectivity index (χ4v) is 2.76. The number of methoxy groups -OCH3 is 1. The van der Waals surface area contributed by atoms with E-state index in [9.17, 15) is 0 Å². The maximum atomic E-state index is 5.29. The topological polar surface area (TPSA) is 33.3 Å². The van der Waals surface area contributed by atoms with Gasteiger partial charge in [0.2, 0.25) is 0 Å². The Bertz CT molecular complexity index is 414. The molecular formula is C13H19BrN2OS. The van der Waals surface area contributed by atoms with Crippen molar-refractivity contribution in [2.75, 3.05) is 19.0 Å². The summed E-state index contributed by atoms with van der Waals surface area (Å²) < 4.78 is 6.14. The Morgan fingerprint density at radius 1 is 1.39 bits per heavy atom. The number of thiocarbonyl (C=S) groups is 1. The van der Waals surface area contributed by atoms with Crippen molar-refractivity contribution in [3.63, 3.8) is 0 Å². The van der Waals surface area contributed by atoms with Crippen molar-refractivity contribution in [3.05, 3.63) is 27.7 Å². The Hall–Kier alpha value is -0.650. The predicted molar refractivity (Wildman–Crippen MR) is 84.3 cm³/mol. The molecule has 0 fully saturated rings. The van der Waals surface area contributed by atoms with E-state index in [0.29, 0.717) is 11.7 Å². The first-order valence-electron chi connectivity index (χ1n) is 5.77. The number of halogens is 1. The van der Waals surface area contributed by atoms with E-state index in [0.717, 1.165) is 21.3 Å².